The van der Waals surface area contributed by atoms with E-state index in [1.165, 1.54) is 12.1 Å². The molecule has 0 radical (unpaired) electrons. The molecule has 0 saturated heterocycles. The van der Waals surface area contributed by atoms with Gasteiger partial charge in [-0.05, 0) is 66.8 Å². The predicted molar refractivity (Wildman–Crippen MR) is 115 cm³/mol. The highest BCUT2D eigenvalue weighted by molar-refractivity contribution is 5.94. The highest BCUT2D eigenvalue weighted by atomic mass is 19.4. The number of hydrogen-bond donors (Lipinski definition) is 0. The van der Waals surface area contributed by atoms with Crippen LogP contribution in [0.25, 0.3) is 0 Å². The molecule has 31 heavy (non-hydrogen) atoms. The van der Waals surface area contributed by atoms with Crippen LogP contribution in [0.1, 0.15) is 22.3 Å². The normalized spacial score (nSPS) is 11.3. The van der Waals surface area contributed by atoms with Crippen molar-refractivity contribution in [1.29, 1.82) is 0 Å². The van der Waals surface area contributed by atoms with Crippen molar-refractivity contribution in [3.05, 3.63) is 95.1 Å². The third-order valence-electron chi connectivity index (χ3n) is 5.08. The van der Waals surface area contributed by atoms with E-state index in [0.717, 1.165) is 27.9 Å². The van der Waals surface area contributed by atoms with Gasteiger partial charge in [0.1, 0.15) is 5.75 Å². The summed E-state index contributed by atoms with van der Waals surface area (Å²) in [6, 6.07) is 21.2. The lowest BCUT2D eigenvalue weighted by molar-refractivity contribution is -0.274. The summed E-state index contributed by atoms with van der Waals surface area (Å²) in [5.74, 6) is -0.297. The van der Waals surface area contributed by atoms with E-state index in [1.807, 2.05) is 62.4 Å². The molecular formula is C25H24F3NO2. The summed E-state index contributed by atoms with van der Waals surface area (Å²) >= 11 is 0. The Balaban J connectivity index is 1.76. The quantitative estimate of drug-likeness (QED) is 0.461. The smallest absolute Gasteiger partial charge is 0.406 e. The van der Waals surface area contributed by atoms with Crippen molar-refractivity contribution in [2.45, 2.75) is 33.1 Å². The van der Waals surface area contributed by atoms with Crippen LogP contribution in [0.15, 0.2) is 72.8 Å². The zero-order chi connectivity index (χ0) is 22.4. The molecule has 0 heterocycles. The van der Waals surface area contributed by atoms with E-state index in [0.29, 0.717) is 13.0 Å². The maximum Gasteiger partial charge on any atom is 0.573 e. The predicted octanol–water partition coefficient (Wildman–Crippen LogP) is 6.02. The molecule has 0 fully saturated rings. The summed E-state index contributed by atoms with van der Waals surface area (Å²) in [5.41, 5.74) is 4.77. The number of nitrogens with zero attached hydrogens (tertiary/aromatic N) is 1. The molecule has 162 valence electrons. The average Bonchev–Trinajstić information content (AvgIpc) is 2.71. The number of ether oxygens (including phenoxy) is 1. The second-order valence-corrected chi connectivity index (χ2v) is 7.42. The van der Waals surface area contributed by atoms with Gasteiger partial charge in [-0.15, -0.1) is 13.2 Å². The lowest BCUT2D eigenvalue weighted by Gasteiger charge is -2.24. The Morgan fingerprint density at radius 3 is 2.16 bits per heavy atom. The standard InChI is InChI=1S/C25H24F3NO2/c1-18-8-11-22(16-19(18)2)29(24(30)17-21-6-4-3-5-7-21)15-14-20-9-12-23(13-10-20)31-25(26,27)28/h3-13,16H,14-15,17H2,1-2H3. The number of rotatable bonds is 7. The lowest BCUT2D eigenvalue weighted by atomic mass is 10.1. The van der Waals surface area contributed by atoms with Crippen LogP contribution in [0, 0.1) is 13.8 Å². The minimum Gasteiger partial charge on any atom is -0.406 e. The van der Waals surface area contributed by atoms with Crippen LogP contribution in [0.5, 0.6) is 5.75 Å². The van der Waals surface area contributed by atoms with Crippen molar-refractivity contribution < 1.29 is 22.7 Å². The van der Waals surface area contributed by atoms with Gasteiger partial charge in [-0.25, -0.2) is 0 Å². The number of hydrogen-bond acceptors (Lipinski definition) is 2. The Morgan fingerprint density at radius 1 is 0.871 bits per heavy atom. The third-order valence-corrected chi connectivity index (χ3v) is 5.08. The van der Waals surface area contributed by atoms with E-state index in [-0.39, 0.29) is 18.1 Å². The third kappa shape index (κ3) is 6.60. The van der Waals surface area contributed by atoms with Gasteiger partial charge in [-0.1, -0.05) is 48.5 Å². The van der Waals surface area contributed by atoms with Crippen LogP contribution in [0.2, 0.25) is 0 Å². The monoisotopic (exact) mass is 427 g/mol. The Morgan fingerprint density at radius 2 is 1.55 bits per heavy atom. The number of carbonyl (C=O) groups excluding carboxylic acids is 1. The molecule has 0 spiro atoms. The summed E-state index contributed by atoms with van der Waals surface area (Å²) in [4.78, 5) is 14.9. The summed E-state index contributed by atoms with van der Waals surface area (Å²) < 4.78 is 41.0. The van der Waals surface area contributed by atoms with Crippen molar-refractivity contribution in [3.63, 3.8) is 0 Å². The Kier molecular flexibility index (Phi) is 7.00. The van der Waals surface area contributed by atoms with Crippen molar-refractivity contribution >= 4 is 11.6 Å². The van der Waals surface area contributed by atoms with Gasteiger partial charge in [0, 0.05) is 12.2 Å². The van der Waals surface area contributed by atoms with Gasteiger partial charge in [0.2, 0.25) is 5.91 Å². The molecular weight excluding hydrogens is 403 g/mol. The lowest BCUT2D eigenvalue weighted by Crippen LogP contribution is -2.34. The van der Waals surface area contributed by atoms with Crippen molar-refractivity contribution in [3.8, 4) is 5.75 Å². The fourth-order valence-corrected chi connectivity index (χ4v) is 3.26. The summed E-state index contributed by atoms with van der Waals surface area (Å²) in [7, 11) is 0. The van der Waals surface area contributed by atoms with E-state index < -0.39 is 6.36 Å². The molecule has 3 aromatic carbocycles. The average molecular weight is 427 g/mol. The Hall–Kier alpha value is -3.28. The Bertz CT molecular complexity index is 1020. The molecule has 0 atom stereocenters. The van der Waals surface area contributed by atoms with Gasteiger partial charge in [-0.3, -0.25) is 4.79 Å². The molecule has 3 aromatic rings. The molecule has 6 heteroatoms. The first-order valence-electron chi connectivity index (χ1n) is 9.97. The second-order valence-electron chi connectivity index (χ2n) is 7.42. The van der Waals surface area contributed by atoms with Gasteiger partial charge < -0.3 is 9.64 Å². The van der Waals surface area contributed by atoms with E-state index in [1.54, 1.807) is 17.0 Å². The molecule has 0 N–H and O–H groups in total. The molecule has 1 amide bonds. The number of halogens is 3. The SMILES string of the molecule is Cc1ccc(N(CCc2ccc(OC(F)(F)F)cc2)C(=O)Cc2ccccc2)cc1C. The van der Waals surface area contributed by atoms with Gasteiger partial charge in [0.05, 0.1) is 6.42 Å². The zero-order valence-electron chi connectivity index (χ0n) is 17.4. The van der Waals surface area contributed by atoms with Crippen molar-refractivity contribution in [2.24, 2.45) is 0 Å². The van der Waals surface area contributed by atoms with Gasteiger partial charge in [0.15, 0.2) is 0 Å². The number of amides is 1. The van der Waals surface area contributed by atoms with Crippen LogP contribution in [0.4, 0.5) is 18.9 Å². The fraction of sp³-hybridized carbons (Fsp3) is 0.240. The molecule has 3 nitrogen and oxygen atoms in total. The molecule has 0 aliphatic carbocycles. The summed E-state index contributed by atoms with van der Waals surface area (Å²) in [6.45, 7) is 4.42. The first kappa shape index (κ1) is 22.4. The molecule has 0 aliphatic rings. The van der Waals surface area contributed by atoms with Crippen LogP contribution >= 0.6 is 0 Å². The van der Waals surface area contributed by atoms with Crippen LogP contribution in [-0.4, -0.2) is 18.8 Å². The van der Waals surface area contributed by atoms with E-state index >= 15 is 0 Å². The molecule has 0 saturated carbocycles. The molecule has 0 aliphatic heterocycles. The Labute approximate surface area is 180 Å². The van der Waals surface area contributed by atoms with E-state index in [2.05, 4.69) is 4.74 Å². The van der Waals surface area contributed by atoms with Crippen LogP contribution < -0.4 is 9.64 Å². The minimum atomic E-state index is -4.72. The first-order valence-corrected chi connectivity index (χ1v) is 9.97. The van der Waals surface area contributed by atoms with Gasteiger partial charge >= 0.3 is 6.36 Å². The highest BCUT2D eigenvalue weighted by Crippen LogP contribution is 2.24. The number of aryl methyl sites for hydroxylation is 2. The van der Waals surface area contributed by atoms with E-state index in [9.17, 15) is 18.0 Å². The van der Waals surface area contributed by atoms with Gasteiger partial charge in [-0.2, -0.15) is 0 Å². The molecule has 0 bridgehead atoms. The van der Waals surface area contributed by atoms with E-state index in [4.69, 9.17) is 0 Å². The van der Waals surface area contributed by atoms with Crippen molar-refractivity contribution in [2.75, 3.05) is 11.4 Å². The maximum atomic E-state index is 13.1. The fourth-order valence-electron chi connectivity index (χ4n) is 3.26. The summed E-state index contributed by atoms with van der Waals surface area (Å²) in [5, 5.41) is 0. The van der Waals surface area contributed by atoms with Crippen LogP contribution in [0.3, 0.4) is 0 Å². The molecule has 0 unspecified atom stereocenters. The van der Waals surface area contributed by atoms with Crippen molar-refractivity contribution in [1.82, 2.24) is 0 Å². The minimum absolute atomic E-state index is 0.0357. The zero-order valence-corrected chi connectivity index (χ0v) is 17.4. The van der Waals surface area contributed by atoms with Crippen LogP contribution in [-0.2, 0) is 17.6 Å². The second kappa shape index (κ2) is 9.69. The highest BCUT2D eigenvalue weighted by Gasteiger charge is 2.31. The maximum absolute atomic E-state index is 13.1. The molecule has 3 rings (SSSR count). The largest absolute Gasteiger partial charge is 0.573 e. The number of carbonyl (C=O) groups is 1. The number of benzene rings is 3. The first-order chi connectivity index (χ1) is 14.7. The number of anilines is 1. The number of alkyl halides is 3. The van der Waals surface area contributed by atoms with Gasteiger partial charge in [0.25, 0.3) is 0 Å². The summed E-state index contributed by atoms with van der Waals surface area (Å²) in [6.07, 6.45) is -3.95. The molecule has 0 aromatic heterocycles. The topological polar surface area (TPSA) is 29.5 Å².